The number of hydrogen-bond donors (Lipinski definition) is 2. The summed E-state index contributed by atoms with van der Waals surface area (Å²) in [5, 5.41) is 16.7. The van der Waals surface area contributed by atoms with E-state index in [4.69, 9.17) is 0 Å². The van der Waals surface area contributed by atoms with Crippen LogP contribution in [0.15, 0.2) is 29.1 Å². The molecule has 0 radical (unpaired) electrons. The lowest BCUT2D eigenvalue weighted by Crippen LogP contribution is -2.24. The fraction of sp³-hybridized carbons (Fsp3) is 0.286. The third kappa shape index (κ3) is 3.43. The van der Waals surface area contributed by atoms with Gasteiger partial charge in [-0.25, -0.2) is 8.78 Å². The fourth-order valence-corrected chi connectivity index (χ4v) is 1.79. The number of aromatic hydroxyl groups is 1. The van der Waals surface area contributed by atoms with E-state index in [2.05, 4.69) is 10.4 Å². The van der Waals surface area contributed by atoms with Gasteiger partial charge in [0.2, 0.25) is 0 Å². The minimum atomic E-state index is -1.07. The molecule has 0 amide bonds. The summed E-state index contributed by atoms with van der Waals surface area (Å²) >= 11 is 0. The molecule has 2 N–H and O–H groups in total. The molecule has 0 aliphatic rings. The molecule has 0 saturated carbocycles. The monoisotopic (exact) mass is 295 g/mol. The summed E-state index contributed by atoms with van der Waals surface area (Å²) < 4.78 is 27.1. The Morgan fingerprint density at radius 1 is 1.29 bits per heavy atom. The van der Waals surface area contributed by atoms with E-state index >= 15 is 0 Å². The molecule has 0 atom stereocenters. The summed E-state index contributed by atoms with van der Waals surface area (Å²) in [5.74, 6) is -2.31. The van der Waals surface area contributed by atoms with Crippen LogP contribution >= 0.6 is 0 Å². The highest BCUT2D eigenvalue weighted by Crippen LogP contribution is 2.14. The molecule has 7 heteroatoms. The van der Waals surface area contributed by atoms with Gasteiger partial charge in [0, 0.05) is 18.7 Å². The van der Waals surface area contributed by atoms with Crippen LogP contribution in [0.3, 0.4) is 0 Å². The molecule has 2 rings (SSSR count). The van der Waals surface area contributed by atoms with E-state index < -0.39 is 17.2 Å². The van der Waals surface area contributed by atoms with Gasteiger partial charge in [-0.3, -0.25) is 4.79 Å². The van der Waals surface area contributed by atoms with Gasteiger partial charge in [-0.15, -0.1) is 0 Å². The second kappa shape index (κ2) is 6.45. The summed E-state index contributed by atoms with van der Waals surface area (Å²) in [7, 11) is 0. The quantitative estimate of drug-likeness (QED) is 0.824. The first-order valence-corrected chi connectivity index (χ1v) is 6.51. The molecule has 1 heterocycles. The normalized spacial score (nSPS) is 10.8. The Balaban J connectivity index is 2.40. The average Bonchev–Trinajstić information content (AvgIpc) is 2.44. The van der Waals surface area contributed by atoms with Crippen molar-refractivity contribution >= 4 is 0 Å². The molecular weight excluding hydrogens is 280 g/mol. The van der Waals surface area contributed by atoms with Crippen LogP contribution in [0.1, 0.15) is 19.0 Å². The third-order valence-electron chi connectivity index (χ3n) is 2.85. The van der Waals surface area contributed by atoms with Gasteiger partial charge in [-0.05, 0) is 25.1 Å². The minimum Gasteiger partial charge on any atom is -0.506 e. The molecule has 0 aliphatic carbocycles. The summed E-state index contributed by atoms with van der Waals surface area (Å²) in [4.78, 5) is 11.8. The highest BCUT2D eigenvalue weighted by atomic mass is 19.2. The smallest absolute Gasteiger partial charge is 0.275 e. The fourth-order valence-electron chi connectivity index (χ4n) is 1.79. The molecule has 0 unspecified atom stereocenters. The van der Waals surface area contributed by atoms with Crippen LogP contribution in [-0.2, 0) is 6.54 Å². The lowest BCUT2D eigenvalue weighted by atomic mass is 10.3. The second-order valence-corrected chi connectivity index (χ2v) is 4.50. The first-order valence-electron chi connectivity index (χ1n) is 6.51. The number of aromatic nitrogens is 2. The van der Waals surface area contributed by atoms with E-state index in [9.17, 15) is 18.7 Å². The first kappa shape index (κ1) is 15.1. The lowest BCUT2D eigenvalue weighted by Gasteiger charge is -2.09. The summed E-state index contributed by atoms with van der Waals surface area (Å²) in [6.45, 7) is 2.98. The van der Waals surface area contributed by atoms with Gasteiger partial charge in [0.1, 0.15) is 11.4 Å². The topological polar surface area (TPSA) is 67.2 Å². The Labute approximate surface area is 119 Å². The van der Waals surface area contributed by atoms with Crippen molar-refractivity contribution in [2.24, 2.45) is 0 Å². The van der Waals surface area contributed by atoms with Gasteiger partial charge < -0.3 is 10.4 Å². The molecule has 0 fully saturated rings. The molecule has 1 aromatic heterocycles. The van der Waals surface area contributed by atoms with Crippen LogP contribution in [-0.4, -0.2) is 21.4 Å². The Bertz CT molecular complexity index is 701. The minimum absolute atomic E-state index is 0.0932. The highest BCUT2D eigenvalue weighted by Gasteiger charge is 2.11. The van der Waals surface area contributed by atoms with Gasteiger partial charge in [0.05, 0.1) is 5.69 Å². The molecule has 2 aromatic rings. The number of hydrogen-bond acceptors (Lipinski definition) is 4. The van der Waals surface area contributed by atoms with E-state index in [1.54, 1.807) is 0 Å². The zero-order valence-electron chi connectivity index (χ0n) is 11.4. The summed E-state index contributed by atoms with van der Waals surface area (Å²) in [5.41, 5.74) is -0.277. The van der Waals surface area contributed by atoms with Crippen molar-refractivity contribution in [3.05, 3.63) is 51.9 Å². The zero-order valence-corrected chi connectivity index (χ0v) is 11.4. The number of rotatable bonds is 5. The zero-order chi connectivity index (χ0) is 15.4. The Morgan fingerprint density at radius 3 is 2.71 bits per heavy atom. The van der Waals surface area contributed by atoms with Gasteiger partial charge in [-0.1, -0.05) is 6.92 Å². The summed E-state index contributed by atoms with van der Waals surface area (Å²) in [6, 6.07) is 4.04. The van der Waals surface area contributed by atoms with Crippen molar-refractivity contribution in [1.29, 1.82) is 0 Å². The number of halogens is 2. The van der Waals surface area contributed by atoms with E-state index in [0.717, 1.165) is 35.8 Å². The SMILES string of the molecule is CCCNCc1nn(-c2ccc(F)c(F)c2)c(=O)cc1O. The van der Waals surface area contributed by atoms with Gasteiger partial charge in [0.25, 0.3) is 5.56 Å². The van der Waals surface area contributed by atoms with Crippen LogP contribution in [0.2, 0.25) is 0 Å². The molecule has 112 valence electrons. The maximum Gasteiger partial charge on any atom is 0.275 e. The maximum atomic E-state index is 13.2. The van der Waals surface area contributed by atoms with Gasteiger partial charge in [0.15, 0.2) is 11.6 Å². The van der Waals surface area contributed by atoms with Crippen LogP contribution in [0.4, 0.5) is 8.78 Å². The highest BCUT2D eigenvalue weighted by molar-refractivity contribution is 5.33. The molecule has 0 bridgehead atoms. The van der Waals surface area contributed by atoms with E-state index in [1.165, 1.54) is 6.07 Å². The second-order valence-electron chi connectivity index (χ2n) is 4.50. The first-order chi connectivity index (χ1) is 10.0. The molecule has 1 aromatic carbocycles. The van der Waals surface area contributed by atoms with Crippen molar-refractivity contribution in [2.45, 2.75) is 19.9 Å². The molecule has 0 spiro atoms. The molecule has 0 aliphatic heterocycles. The molecule has 0 saturated heterocycles. The number of nitrogens with zero attached hydrogens (tertiary/aromatic N) is 2. The van der Waals surface area contributed by atoms with Crippen LogP contribution < -0.4 is 10.9 Å². The van der Waals surface area contributed by atoms with E-state index in [0.29, 0.717) is 0 Å². The average molecular weight is 295 g/mol. The predicted octanol–water partition coefficient (Wildman–Crippen LogP) is 1.72. The van der Waals surface area contributed by atoms with Crippen molar-refractivity contribution < 1.29 is 13.9 Å². The molecule has 5 nitrogen and oxygen atoms in total. The van der Waals surface area contributed by atoms with Gasteiger partial charge >= 0.3 is 0 Å². The van der Waals surface area contributed by atoms with Gasteiger partial charge in [-0.2, -0.15) is 9.78 Å². The molecule has 21 heavy (non-hydrogen) atoms. The van der Waals surface area contributed by atoms with E-state index in [1.807, 2.05) is 6.92 Å². The van der Waals surface area contributed by atoms with Crippen LogP contribution in [0.25, 0.3) is 5.69 Å². The molecular formula is C14H15F2N3O2. The van der Waals surface area contributed by atoms with E-state index in [-0.39, 0.29) is 23.7 Å². The standard InChI is InChI=1S/C14H15F2N3O2/c1-2-5-17-8-12-13(20)7-14(21)19(18-12)9-3-4-10(15)11(16)6-9/h3-4,6-7,17,20H,2,5,8H2,1H3. The number of benzene rings is 1. The van der Waals surface area contributed by atoms with Crippen molar-refractivity contribution in [3.8, 4) is 11.4 Å². The number of nitrogens with one attached hydrogen (secondary N) is 1. The van der Waals surface area contributed by atoms with Crippen LogP contribution in [0.5, 0.6) is 5.75 Å². The Morgan fingerprint density at radius 2 is 2.05 bits per heavy atom. The Kier molecular flexibility index (Phi) is 4.64. The lowest BCUT2D eigenvalue weighted by molar-refractivity contribution is 0.451. The summed E-state index contributed by atoms with van der Waals surface area (Å²) in [6.07, 6.45) is 0.906. The largest absolute Gasteiger partial charge is 0.506 e. The van der Waals surface area contributed by atoms with Crippen LogP contribution in [0, 0.1) is 11.6 Å². The van der Waals surface area contributed by atoms with Crippen molar-refractivity contribution in [2.75, 3.05) is 6.54 Å². The third-order valence-corrected chi connectivity index (χ3v) is 2.85. The predicted molar refractivity (Wildman–Crippen MR) is 73.4 cm³/mol. The maximum absolute atomic E-state index is 13.2. The van der Waals surface area contributed by atoms with Crippen molar-refractivity contribution in [1.82, 2.24) is 15.1 Å². The van der Waals surface area contributed by atoms with Crippen molar-refractivity contribution in [3.63, 3.8) is 0 Å². The Hall–Kier alpha value is -2.28.